The molecule has 0 aromatic rings. The Bertz CT molecular complexity index is 81.7. The lowest BCUT2D eigenvalue weighted by Crippen LogP contribution is -2.43. The minimum absolute atomic E-state index is 0.247. The van der Waals surface area contributed by atoms with Gasteiger partial charge in [-0.2, -0.15) is 0 Å². The van der Waals surface area contributed by atoms with Crippen LogP contribution >= 0.6 is 0 Å². The Morgan fingerprint density at radius 3 is 3.10 bits per heavy atom. The highest BCUT2D eigenvalue weighted by molar-refractivity contribution is 4.74. The first kappa shape index (κ1) is 7.98. The summed E-state index contributed by atoms with van der Waals surface area (Å²) in [5.74, 6) is 0. The SMILES string of the molecule is OCCN[C@@H]1CCCNC1. The molecule has 1 saturated heterocycles. The van der Waals surface area contributed by atoms with Gasteiger partial charge in [-0.3, -0.25) is 0 Å². The van der Waals surface area contributed by atoms with Crippen molar-refractivity contribution >= 4 is 0 Å². The fourth-order valence-corrected chi connectivity index (χ4v) is 1.29. The van der Waals surface area contributed by atoms with Crippen LogP contribution in [0.15, 0.2) is 0 Å². The molecule has 1 aliphatic heterocycles. The molecule has 0 spiro atoms. The molecule has 10 heavy (non-hydrogen) atoms. The number of rotatable bonds is 3. The van der Waals surface area contributed by atoms with E-state index in [4.69, 9.17) is 5.11 Å². The maximum absolute atomic E-state index is 8.51. The van der Waals surface area contributed by atoms with Crippen molar-refractivity contribution < 1.29 is 5.11 Å². The normalized spacial score (nSPS) is 26.7. The molecule has 1 rings (SSSR count). The van der Waals surface area contributed by atoms with Crippen molar-refractivity contribution in [1.82, 2.24) is 10.6 Å². The van der Waals surface area contributed by atoms with Gasteiger partial charge in [0.15, 0.2) is 0 Å². The first-order chi connectivity index (χ1) is 4.93. The van der Waals surface area contributed by atoms with E-state index in [-0.39, 0.29) is 6.61 Å². The zero-order valence-electron chi connectivity index (χ0n) is 6.27. The minimum Gasteiger partial charge on any atom is -0.395 e. The third-order valence-corrected chi connectivity index (χ3v) is 1.84. The molecule has 60 valence electrons. The summed E-state index contributed by atoms with van der Waals surface area (Å²) in [6.07, 6.45) is 2.50. The van der Waals surface area contributed by atoms with Gasteiger partial charge in [-0.05, 0) is 19.4 Å². The van der Waals surface area contributed by atoms with Crippen LogP contribution in [-0.4, -0.2) is 37.4 Å². The molecular weight excluding hydrogens is 128 g/mol. The van der Waals surface area contributed by atoms with Crippen LogP contribution in [0.25, 0.3) is 0 Å². The summed E-state index contributed by atoms with van der Waals surface area (Å²) in [7, 11) is 0. The van der Waals surface area contributed by atoms with Gasteiger partial charge in [0.05, 0.1) is 6.61 Å². The van der Waals surface area contributed by atoms with Gasteiger partial charge in [-0.25, -0.2) is 0 Å². The van der Waals surface area contributed by atoms with E-state index in [1.807, 2.05) is 0 Å². The Balaban J connectivity index is 2.02. The summed E-state index contributed by atoms with van der Waals surface area (Å²) >= 11 is 0. The maximum atomic E-state index is 8.51. The molecule has 0 bridgehead atoms. The maximum Gasteiger partial charge on any atom is 0.0556 e. The van der Waals surface area contributed by atoms with Gasteiger partial charge in [0, 0.05) is 19.1 Å². The number of hydrogen-bond donors (Lipinski definition) is 3. The highest BCUT2D eigenvalue weighted by Gasteiger charge is 2.10. The topological polar surface area (TPSA) is 44.3 Å². The molecule has 0 saturated carbocycles. The van der Waals surface area contributed by atoms with E-state index in [9.17, 15) is 0 Å². The number of hydrogen-bond acceptors (Lipinski definition) is 3. The fraction of sp³-hybridized carbons (Fsp3) is 1.00. The molecule has 1 atom stereocenters. The van der Waals surface area contributed by atoms with Gasteiger partial charge < -0.3 is 15.7 Å². The Labute approximate surface area is 61.8 Å². The zero-order chi connectivity index (χ0) is 7.23. The van der Waals surface area contributed by atoms with E-state index in [0.717, 1.165) is 19.6 Å². The van der Waals surface area contributed by atoms with E-state index in [1.54, 1.807) is 0 Å². The molecule has 0 aromatic carbocycles. The van der Waals surface area contributed by atoms with Crippen molar-refractivity contribution in [3.05, 3.63) is 0 Å². The third-order valence-electron chi connectivity index (χ3n) is 1.84. The van der Waals surface area contributed by atoms with Gasteiger partial charge in [-0.1, -0.05) is 0 Å². The van der Waals surface area contributed by atoms with Crippen molar-refractivity contribution in [3.8, 4) is 0 Å². The summed E-state index contributed by atoms with van der Waals surface area (Å²) in [5.41, 5.74) is 0. The molecule has 0 aromatic heterocycles. The van der Waals surface area contributed by atoms with Crippen LogP contribution in [0.4, 0.5) is 0 Å². The first-order valence-electron chi connectivity index (χ1n) is 3.98. The molecule has 1 aliphatic rings. The highest BCUT2D eigenvalue weighted by Crippen LogP contribution is 1.99. The highest BCUT2D eigenvalue weighted by atomic mass is 16.3. The lowest BCUT2D eigenvalue weighted by atomic mass is 10.1. The van der Waals surface area contributed by atoms with Crippen LogP contribution in [-0.2, 0) is 0 Å². The van der Waals surface area contributed by atoms with Crippen LogP contribution < -0.4 is 10.6 Å². The van der Waals surface area contributed by atoms with Crippen molar-refractivity contribution in [3.63, 3.8) is 0 Å². The molecule has 1 fully saturated rings. The summed E-state index contributed by atoms with van der Waals surface area (Å²) in [4.78, 5) is 0. The molecule has 1 heterocycles. The largest absolute Gasteiger partial charge is 0.395 e. The summed E-state index contributed by atoms with van der Waals surface area (Å²) in [6.45, 7) is 3.18. The monoisotopic (exact) mass is 144 g/mol. The number of piperidine rings is 1. The van der Waals surface area contributed by atoms with Gasteiger partial charge >= 0.3 is 0 Å². The summed E-state index contributed by atoms with van der Waals surface area (Å²) in [5, 5.41) is 15.1. The van der Waals surface area contributed by atoms with Crippen LogP contribution in [0.3, 0.4) is 0 Å². The molecule has 0 radical (unpaired) electrons. The summed E-state index contributed by atoms with van der Waals surface area (Å²) < 4.78 is 0. The first-order valence-corrected chi connectivity index (χ1v) is 3.98. The van der Waals surface area contributed by atoms with Gasteiger partial charge in [0.25, 0.3) is 0 Å². The van der Waals surface area contributed by atoms with Crippen LogP contribution in [0.5, 0.6) is 0 Å². The van der Waals surface area contributed by atoms with Crippen LogP contribution in [0.2, 0.25) is 0 Å². The van der Waals surface area contributed by atoms with Crippen molar-refractivity contribution in [1.29, 1.82) is 0 Å². The Hall–Kier alpha value is -0.120. The molecule has 3 N–H and O–H groups in total. The lowest BCUT2D eigenvalue weighted by molar-refractivity contribution is 0.275. The van der Waals surface area contributed by atoms with Crippen LogP contribution in [0.1, 0.15) is 12.8 Å². The molecule has 0 amide bonds. The summed E-state index contributed by atoms with van der Waals surface area (Å²) in [6, 6.07) is 0.584. The predicted molar refractivity (Wildman–Crippen MR) is 41.0 cm³/mol. The van der Waals surface area contributed by atoms with Gasteiger partial charge in [-0.15, -0.1) is 0 Å². The second-order valence-corrected chi connectivity index (χ2v) is 2.72. The average molecular weight is 144 g/mol. The molecule has 0 aliphatic carbocycles. The van der Waals surface area contributed by atoms with E-state index < -0.39 is 0 Å². The van der Waals surface area contributed by atoms with Crippen molar-refractivity contribution in [2.24, 2.45) is 0 Å². The zero-order valence-corrected chi connectivity index (χ0v) is 6.27. The second-order valence-electron chi connectivity index (χ2n) is 2.72. The molecule has 3 nitrogen and oxygen atoms in total. The van der Waals surface area contributed by atoms with Crippen molar-refractivity contribution in [2.45, 2.75) is 18.9 Å². The molecular formula is C7H16N2O. The van der Waals surface area contributed by atoms with E-state index in [2.05, 4.69) is 10.6 Å². The molecule has 3 heteroatoms. The Kier molecular flexibility index (Phi) is 3.72. The Morgan fingerprint density at radius 2 is 2.50 bits per heavy atom. The quantitative estimate of drug-likeness (QED) is 0.492. The van der Waals surface area contributed by atoms with E-state index in [0.29, 0.717) is 6.04 Å². The standard InChI is InChI=1S/C7H16N2O/c10-5-4-9-7-2-1-3-8-6-7/h7-10H,1-6H2/t7-/m1/s1. The van der Waals surface area contributed by atoms with E-state index in [1.165, 1.54) is 12.8 Å². The van der Waals surface area contributed by atoms with Crippen molar-refractivity contribution in [2.75, 3.05) is 26.2 Å². The van der Waals surface area contributed by atoms with E-state index >= 15 is 0 Å². The number of aliphatic hydroxyl groups excluding tert-OH is 1. The molecule has 0 unspecified atom stereocenters. The number of aliphatic hydroxyl groups is 1. The van der Waals surface area contributed by atoms with Gasteiger partial charge in [0.2, 0.25) is 0 Å². The second kappa shape index (κ2) is 4.66. The minimum atomic E-state index is 0.247. The lowest BCUT2D eigenvalue weighted by Gasteiger charge is -2.23. The number of nitrogens with one attached hydrogen (secondary N) is 2. The average Bonchev–Trinajstić information content (AvgIpc) is 2.03. The van der Waals surface area contributed by atoms with Crippen LogP contribution in [0, 0.1) is 0 Å². The Morgan fingerprint density at radius 1 is 1.60 bits per heavy atom. The smallest absolute Gasteiger partial charge is 0.0556 e. The third kappa shape index (κ3) is 2.64. The fourth-order valence-electron chi connectivity index (χ4n) is 1.29. The predicted octanol–water partition coefficient (Wildman–Crippen LogP) is -0.680. The van der Waals surface area contributed by atoms with Gasteiger partial charge in [0.1, 0.15) is 0 Å².